The van der Waals surface area contributed by atoms with E-state index in [0.717, 1.165) is 45.2 Å². The molecule has 1 fully saturated rings. The summed E-state index contributed by atoms with van der Waals surface area (Å²) in [4.78, 5) is 7.03. The molecule has 1 atom stereocenters. The van der Waals surface area contributed by atoms with Crippen molar-refractivity contribution in [1.29, 1.82) is 0 Å². The van der Waals surface area contributed by atoms with Crippen LogP contribution < -0.4 is 10.6 Å². The average Bonchev–Trinajstić information content (AvgIpc) is 2.58. The SMILES string of the molecule is CCCCNC(=NCc1ccc(C)cc1)NCC1CN(C)CCO1.I. The molecule has 2 rings (SSSR count). The van der Waals surface area contributed by atoms with Crippen LogP contribution in [0.15, 0.2) is 29.3 Å². The number of rotatable bonds is 7. The lowest BCUT2D eigenvalue weighted by Crippen LogP contribution is -2.48. The van der Waals surface area contributed by atoms with E-state index in [1.165, 1.54) is 17.5 Å². The zero-order chi connectivity index (χ0) is 17.2. The molecule has 1 aliphatic heterocycles. The van der Waals surface area contributed by atoms with E-state index in [-0.39, 0.29) is 30.1 Å². The predicted molar refractivity (Wildman–Crippen MR) is 116 cm³/mol. The Kier molecular flexibility index (Phi) is 11.1. The van der Waals surface area contributed by atoms with Crippen LogP contribution in [0.3, 0.4) is 0 Å². The third kappa shape index (κ3) is 8.87. The summed E-state index contributed by atoms with van der Waals surface area (Å²) < 4.78 is 5.81. The van der Waals surface area contributed by atoms with E-state index in [4.69, 9.17) is 9.73 Å². The number of unbranched alkanes of at least 4 members (excludes halogenated alkanes) is 1. The maximum atomic E-state index is 5.81. The van der Waals surface area contributed by atoms with Gasteiger partial charge in [0.1, 0.15) is 0 Å². The molecule has 0 saturated carbocycles. The van der Waals surface area contributed by atoms with Crippen LogP contribution in [-0.4, -0.2) is 56.8 Å². The van der Waals surface area contributed by atoms with Crippen LogP contribution in [0.4, 0.5) is 0 Å². The summed E-state index contributed by atoms with van der Waals surface area (Å²) in [5, 5.41) is 6.86. The monoisotopic (exact) mass is 460 g/mol. The molecule has 0 spiro atoms. The Morgan fingerprint density at radius 3 is 2.72 bits per heavy atom. The Bertz CT molecular complexity index is 507. The van der Waals surface area contributed by atoms with Crippen molar-refractivity contribution in [2.75, 3.05) is 39.8 Å². The lowest BCUT2D eigenvalue weighted by atomic mass is 10.1. The van der Waals surface area contributed by atoms with E-state index in [1.54, 1.807) is 0 Å². The Labute approximate surface area is 169 Å². The van der Waals surface area contributed by atoms with Crippen LogP contribution >= 0.6 is 24.0 Å². The van der Waals surface area contributed by atoms with Gasteiger partial charge in [0.2, 0.25) is 0 Å². The molecule has 1 saturated heterocycles. The number of ether oxygens (including phenoxy) is 1. The van der Waals surface area contributed by atoms with Gasteiger partial charge in [-0.15, -0.1) is 24.0 Å². The number of nitrogens with zero attached hydrogens (tertiary/aromatic N) is 2. The van der Waals surface area contributed by atoms with Gasteiger partial charge in [-0.25, -0.2) is 4.99 Å². The highest BCUT2D eigenvalue weighted by molar-refractivity contribution is 14.0. The number of likely N-dealkylation sites (N-methyl/N-ethyl adjacent to an activating group) is 1. The number of hydrogen-bond acceptors (Lipinski definition) is 3. The number of hydrogen-bond donors (Lipinski definition) is 2. The number of aryl methyl sites for hydroxylation is 1. The quantitative estimate of drug-likeness (QED) is 0.285. The third-order valence-corrected chi connectivity index (χ3v) is 4.20. The lowest BCUT2D eigenvalue weighted by molar-refractivity contribution is -0.0161. The second-order valence-corrected chi connectivity index (χ2v) is 6.57. The van der Waals surface area contributed by atoms with E-state index < -0.39 is 0 Å². The van der Waals surface area contributed by atoms with E-state index in [2.05, 4.69) is 60.7 Å². The molecule has 0 aromatic heterocycles. The minimum atomic E-state index is 0. The highest BCUT2D eigenvalue weighted by Crippen LogP contribution is 2.05. The van der Waals surface area contributed by atoms with Gasteiger partial charge in [-0.2, -0.15) is 0 Å². The summed E-state index contributed by atoms with van der Waals surface area (Å²) in [6.07, 6.45) is 2.55. The minimum Gasteiger partial charge on any atom is -0.374 e. The first-order valence-corrected chi connectivity index (χ1v) is 9.05. The topological polar surface area (TPSA) is 48.9 Å². The molecule has 0 radical (unpaired) electrons. The summed E-state index contributed by atoms with van der Waals surface area (Å²) >= 11 is 0. The van der Waals surface area contributed by atoms with E-state index >= 15 is 0 Å². The van der Waals surface area contributed by atoms with E-state index in [0.29, 0.717) is 6.54 Å². The molecule has 1 aromatic carbocycles. The Morgan fingerprint density at radius 1 is 1.28 bits per heavy atom. The average molecular weight is 460 g/mol. The van der Waals surface area contributed by atoms with Crippen molar-refractivity contribution in [2.24, 2.45) is 4.99 Å². The summed E-state index contributed by atoms with van der Waals surface area (Å²) in [5.74, 6) is 0.876. The first-order valence-electron chi connectivity index (χ1n) is 9.05. The fourth-order valence-corrected chi connectivity index (χ4v) is 2.62. The molecule has 25 heavy (non-hydrogen) atoms. The molecular weight excluding hydrogens is 427 g/mol. The normalized spacial score (nSPS) is 18.5. The van der Waals surface area contributed by atoms with Gasteiger partial charge in [0.25, 0.3) is 0 Å². The Balaban J connectivity index is 0.00000312. The van der Waals surface area contributed by atoms with Gasteiger partial charge in [-0.3, -0.25) is 0 Å². The van der Waals surface area contributed by atoms with Crippen LogP contribution in [0, 0.1) is 6.92 Å². The van der Waals surface area contributed by atoms with E-state index in [9.17, 15) is 0 Å². The Hall–Kier alpha value is -0.860. The molecule has 0 bridgehead atoms. The van der Waals surface area contributed by atoms with Gasteiger partial charge in [-0.1, -0.05) is 43.2 Å². The molecule has 0 aliphatic carbocycles. The lowest BCUT2D eigenvalue weighted by Gasteiger charge is -2.30. The largest absolute Gasteiger partial charge is 0.374 e. The first-order chi connectivity index (χ1) is 11.7. The van der Waals surface area contributed by atoms with Crippen molar-refractivity contribution in [2.45, 2.75) is 39.3 Å². The van der Waals surface area contributed by atoms with Crippen LogP contribution in [-0.2, 0) is 11.3 Å². The second-order valence-electron chi connectivity index (χ2n) is 6.57. The van der Waals surface area contributed by atoms with Gasteiger partial charge in [0, 0.05) is 26.2 Å². The number of nitrogens with one attached hydrogen (secondary N) is 2. The maximum Gasteiger partial charge on any atom is 0.191 e. The second kappa shape index (κ2) is 12.5. The number of benzene rings is 1. The minimum absolute atomic E-state index is 0. The molecule has 6 heteroatoms. The smallest absolute Gasteiger partial charge is 0.191 e. The van der Waals surface area contributed by atoms with Crippen LogP contribution in [0.5, 0.6) is 0 Å². The molecule has 0 amide bonds. The van der Waals surface area contributed by atoms with Gasteiger partial charge < -0.3 is 20.3 Å². The third-order valence-electron chi connectivity index (χ3n) is 4.20. The van der Waals surface area contributed by atoms with E-state index in [1.807, 2.05) is 0 Å². The standard InChI is InChI=1S/C19H32N4O.HI/c1-4-5-10-20-19(21-13-17-8-6-16(2)7-9-17)22-14-18-15-23(3)11-12-24-18;/h6-9,18H,4-5,10-15H2,1-3H3,(H2,20,21,22);1H. The summed E-state index contributed by atoms with van der Waals surface area (Å²) in [6.45, 7) is 9.51. The van der Waals surface area contributed by atoms with Crippen LogP contribution in [0.2, 0.25) is 0 Å². The molecule has 1 aromatic rings. The van der Waals surface area contributed by atoms with Gasteiger partial charge >= 0.3 is 0 Å². The summed E-state index contributed by atoms with van der Waals surface area (Å²) in [5.41, 5.74) is 2.51. The molecule has 2 N–H and O–H groups in total. The number of guanidine groups is 1. The fraction of sp³-hybridized carbons (Fsp3) is 0.632. The Morgan fingerprint density at radius 2 is 2.04 bits per heavy atom. The van der Waals surface area contributed by atoms with Crippen molar-refractivity contribution >= 4 is 29.9 Å². The van der Waals surface area contributed by atoms with Crippen molar-refractivity contribution < 1.29 is 4.74 Å². The van der Waals surface area contributed by atoms with Gasteiger partial charge in [0.15, 0.2) is 5.96 Å². The van der Waals surface area contributed by atoms with Gasteiger partial charge in [0.05, 0.1) is 19.3 Å². The van der Waals surface area contributed by atoms with Crippen molar-refractivity contribution in [3.63, 3.8) is 0 Å². The number of morpholine rings is 1. The van der Waals surface area contributed by atoms with Crippen LogP contribution in [0.1, 0.15) is 30.9 Å². The van der Waals surface area contributed by atoms with Gasteiger partial charge in [-0.05, 0) is 26.0 Å². The fourth-order valence-electron chi connectivity index (χ4n) is 2.62. The molecule has 5 nitrogen and oxygen atoms in total. The number of aliphatic imine (C=N–C) groups is 1. The summed E-state index contributed by atoms with van der Waals surface area (Å²) in [7, 11) is 2.14. The zero-order valence-electron chi connectivity index (χ0n) is 15.8. The van der Waals surface area contributed by atoms with Crippen molar-refractivity contribution in [3.8, 4) is 0 Å². The molecule has 1 unspecified atom stereocenters. The first kappa shape index (κ1) is 22.2. The maximum absolute atomic E-state index is 5.81. The molecule has 1 aliphatic rings. The highest BCUT2D eigenvalue weighted by Gasteiger charge is 2.17. The molecular formula is C19H33IN4O. The predicted octanol–water partition coefficient (Wildman–Crippen LogP) is 2.78. The summed E-state index contributed by atoms with van der Waals surface area (Å²) in [6, 6.07) is 8.55. The highest BCUT2D eigenvalue weighted by atomic mass is 127. The van der Waals surface area contributed by atoms with Crippen molar-refractivity contribution in [3.05, 3.63) is 35.4 Å². The zero-order valence-corrected chi connectivity index (χ0v) is 18.1. The molecule has 1 heterocycles. The number of halogens is 1. The van der Waals surface area contributed by atoms with Crippen molar-refractivity contribution in [1.82, 2.24) is 15.5 Å². The van der Waals surface area contributed by atoms with Crippen LogP contribution in [0.25, 0.3) is 0 Å². The molecule has 142 valence electrons.